The SMILES string of the molecule is CN(Cc1ccccc1)C(=O)c1ccccc1N1CCN(C(=O)[C@@H](Cc2ccc(Cl)cc2)NC(=O)[C@@H]2Cc3ccccc3CN2)CC1. The van der Waals surface area contributed by atoms with E-state index in [2.05, 4.69) is 27.7 Å². The lowest BCUT2D eigenvalue weighted by Gasteiger charge is -2.38. The van der Waals surface area contributed by atoms with Crippen molar-refractivity contribution in [2.24, 2.45) is 0 Å². The molecular formula is C38H40ClN5O3. The van der Waals surface area contributed by atoms with Crippen LogP contribution in [0.4, 0.5) is 5.69 Å². The number of hydrogen-bond donors (Lipinski definition) is 2. The van der Waals surface area contributed by atoms with E-state index in [9.17, 15) is 14.4 Å². The van der Waals surface area contributed by atoms with Gasteiger partial charge in [0, 0.05) is 63.4 Å². The van der Waals surface area contributed by atoms with Crippen LogP contribution < -0.4 is 15.5 Å². The topological polar surface area (TPSA) is 85.0 Å². The van der Waals surface area contributed by atoms with Crippen molar-refractivity contribution in [1.82, 2.24) is 20.4 Å². The van der Waals surface area contributed by atoms with Crippen LogP contribution in [-0.4, -0.2) is 72.8 Å². The molecule has 47 heavy (non-hydrogen) atoms. The Labute approximate surface area is 281 Å². The number of anilines is 1. The first-order valence-electron chi connectivity index (χ1n) is 16.1. The van der Waals surface area contributed by atoms with Crippen LogP contribution in [0.5, 0.6) is 0 Å². The van der Waals surface area contributed by atoms with Gasteiger partial charge in [0.05, 0.1) is 11.6 Å². The number of nitrogens with zero attached hydrogens (tertiary/aromatic N) is 3. The Morgan fingerprint density at radius 2 is 1.49 bits per heavy atom. The van der Waals surface area contributed by atoms with E-state index < -0.39 is 12.1 Å². The molecule has 1 saturated heterocycles. The molecule has 8 nitrogen and oxygen atoms in total. The number of rotatable bonds is 9. The minimum Gasteiger partial charge on any atom is -0.367 e. The number of fused-ring (bicyclic) bond motifs is 1. The summed E-state index contributed by atoms with van der Waals surface area (Å²) in [7, 11) is 1.82. The van der Waals surface area contributed by atoms with Crippen molar-refractivity contribution in [3.05, 3.63) is 136 Å². The molecule has 2 aliphatic heterocycles. The highest BCUT2D eigenvalue weighted by molar-refractivity contribution is 6.30. The van der Waals surface area contributed by atoms with E-state index in [1.165, 1.54) is 5.56 Å². The molecular weight excluding hydrogens is 610 g/mol. The van der Waals surface area contributed by atoms with Gasteiger partial charge in [-0.1, -0.05) is 90.5 Å². The number of halogens is 1. The fourth-order valence-corrected chi connectivity index (χ4v) is 6.55. The van der Waals surface area contributed by atoms with Crippen LogP contribution in [-0.2, 0) is 35.5 Å². The van der Waals surface area contributed by atoms with Crippen molar-refractivity contribution in [2.75, 3.05) is 38.1 Å². The number of carbonyl (C=O) groups excluding carboxylic acids is 3. The third kappa shape index (κ3) is 7.84. The maximum atomic E-state index is 14.1. The predicted octanol–water partition coefficient (Wildman–Crippen LogP) is 4.70. The van der Waals surface area contributed by atoms with Crippen molar-refractivity contribution >= 4 is 35.0 Å². The second kappa shape index (κ2) is 14.8. The van der Waals surface area contributed by atoms with Gasteiger partial charge >= 0.3 is 0 Å². The molecule has 2 N–H and O–H groups in total. The highest BCUT2D eigenvalue weighted by Gasteiger charge is 2.33. The molecule has 0 unspecified atom stereocenters. The fraction of sp³-hybridized carbons (Fsp3) is 0.289. The van der Waals surface area contributed by atoms with Crippen LogP contribution >= 0.6 is 11.6 Å². The highest BCUT2D eigenvalue weighted by atomic mass is 35.5. The van der Waals surface area contributed by atoms with Gasteiger partial charge < -0.3 is 25.3 Å². The Kier molecular flexibility index (Phi) is 10.2. The standard InChI is InChI=1S/C38H40ClN5O3/c1-42(26-28-9-3-2-4-10-28)37(46)32-13-7-8-14-35(32)43-19-21-44(22-20-43)38(47)34(23-27-15-17-31(39)18-16-27)41-36(45)33-24-29-11-5-6-12-30(29)25-40-33/h2-18,33-34,40H,19-26H2,1H3,(H,41,45)/t33-,34+/m0/s1. The second-order valence-electron chi connectivity index (χ2n) is 12.3. The molecule has 6 rings (SSSR count). The highest BCUT2D eigenvalue weighted by Crippen LogP contribution is 2.25. The summed E-state index contributed by atoms with van der Waals surface area (Å²) in [4.78, 5) is 46.9. The lowest BCUT2D eigenvalue weighted by Crippen LogP contribution is -2.58. The van der Waals surface area contributed by atoms with Crippen molar-refractivity contribution in [1.29, 1.82) is 0 Å². The van der Waals surface area contributed by atoms with Crippen molar-refractivity contribution in [3.8, 4) is 0 Å². The first-order valence-corrected chi connectivity index (χ1v) is 16.5. The Bertz CT molecular complexity index is 1710. The summed E-state index contributed by atoms with van der Waals surface area (Å²) < 4.78 is 0. The zero-order valence-corrected chi connectivity index (χ0v) is 27.3. The lowest BCUT2D eigenvalue weighted by atomic mass is 9.95. The second-order valence-corrected chi connectivity index (χ2v) is 12.7. The van der Waals surface area contributed by atoms with Gasteiger partial charge in [-0.3, -0.25) is 14.4 Å². The molecule has 0 spiro atoms. The number of para-hydroxylation sites is 1. The van der Waals surface area contributed by atoms with Crippen molar-refractivity contribution in [2.45, 2.75) is 38.0 Å². The Morgan fingerprint density at radius 3 is 2.23 bits per heavy atom. The smallest absolute Gasteiger partial charge is 0.256 e. The minimum atomic E-state index is -0.727. The van der Waals surface area contributed by atoms with Crippen molar-refractivity contribution < 1.29 is 14.4 Å². The first kappa shape index (κ1) is 32.3. The van der Waals surface area contributed by atoms with E-state index in [4.69, 9.17) is 11.6 Å². The maximum Gasteiger partial charge on any atom is 0.256 e. The summed E-state index contributed by atoms with van der Waals surface area (Å²) in [6, 6.07) is 32.0. The Hall–Kier alpha value is -4.66. The van der Waals surface area contributed by atoms with E-state index >= 15 is 0 Å². The molecule has 2 heterocycles. The molecule has 2 aliphatic rings. The van der Waals surface area contributed by atoms with Gasteiger partial charge in [-0.2, -0.15) is 0 Å². The summed E-state index contributed by atoms with van der Waals surface area (Å²) in [5.41, 5.74) is 5.82. The van der Waals surface area contributed by atoms with Gasteiger partial charge in [-0.15, -0.1) is 0 Å². The number of benzene rings is 4. The van der Waals surface area contributed by atoms with Crippen LogP contribution in [0, 0.1) is 0 Å². The summed E-state index contributed by atoms with van der Waals surface area (Å²) >= 11 is 6.13. The lowest BCUT2D eigenvalue weighted by molar-refractivity contribution is -0.137. The average molecular weight is 650 g/mol. The molecule has 4 aromatic carbocycles. The molecule has 3 amide bonds. The maximum absolute atomic E-state index is 14.1. The minimum absolute atomic E-state index is 0.0485. The normalized spacial score (nSPS) is 16.6. The third-order valence-electron chi connectivity index (χ3n) is 9.04. The molecule has 4 aromatic rings. The molecule has 0 saturated carbocycles. The average Bonchev–Trinajstić information content (AvgIpc) is 3.12. The first-order chi connectivity index (χ1) is 22.9. The molecule has 242 valence electrons. The fourth-order valence-electron chi connectivity index (χ4n) is 6.42. The molecule has 0 radical (unpaired) electrons. The molecule has 0 bridgehead atoms. The van der Waals surface area contributed by atoms with Crippen LogP contribution in [0.1, 0.15) is 32.6 Å². The summed E-state index contributed by atoms with van der Waals surface area (Å²) in [6.07, 6.45) is 0.928. The summed E-state index contributed by atoms with van der Waals surface area (Å²) in [5.74, 6) is -0.346. The monoisotopic (exact) mass is 649 g/mol. The van der Waals surface area contributed by atoms with E-state index in [0.29, 0.717) is 62.7 Å². The van der Waals surface area contributed by atoms with Gasteiger partial charge in [0.2, 0.25) is 11.8 Å². The van der Waals surface area contributed by atoms with Crippen LogP contribution in [0.15, 0.2) is 103 Å². The van der Waals surface area contributed by atoms with Crippen LogP contribution in [0.25, 0.3) is 0 Å². The van der Waals surface area contributed by atoms with E-state index in [1.807, 2.05) is 90.8 Å². The molecule has 9 heteroatoms. The number of carbonyl (C=O) groups is 3. The molecule has 2 atom stereocenters. The molecule has 1 fully saturated rings. The van der Waals surface area contributed by atoms with Gasteiger partial charge in [-0.25, -0.2) is 0 Å². The summed E-state index contributed by atoms with van der Waals surface area (Å²) in [5, 5.41) is 7.04. The van der Waals surface area contributed by atoms with Gasteiger partial charge in [0.15, 0.2) is 0 Å². The zero-order chi connectivity index (χ0) is 32.8. The van der Waals surface area contributed by atoms with E-state index in [0.717, 1.165) is 22.4 Å². The number of nitrogens with one attached hydrogen (secondary N) is 2. The summed E-state index contributed by atoms with van der Waals surface area (Å²) in [6.45, 7) is 3.21. The number of amides is 3. The van der Waals surface area contributed by atoms with E-state index in [1.54, 1.807) is 17.0 Å². The Balaban J connectivity index is 1.13. The third-order valence-corrected chi connectivity index (χ3v) is 9.29. The zero-order valence-electron chi connectivity index (χ0n) is 26.6. The van der Waals surface area contributed by atoms with Crippen LogP contribution in [0.3, 0.4) is 0 Å². The Morgan fingerprint density at radius 1 is 0.830 bits per heavy atom. The predicted molar refractivity (Wildman–Crippen MR) is 185 cm³/mol. The molecule has 0 aliphatic carbocycles. The van der Waals surface area contributed by atoms with Gasteiger partial charge in [0.1, 0.15) is 6.04 Å². The van der Waals surface area contributed by atoms with Gasteiger partial charge in [-0.05, 0) is 52.9 Å². The molecule has 0 aromatic heterocycles. The van der Waals surface area contributed by atoms with Crippen molar-refractivity contribution in [3.63, 3.8) is 0 Å². The number of piperazine rings is 1. The van der Waals surface area contributed by atoms with E-state index in [-0.39, 0.29) is 17.7 Å². The largest absolute Gasteiger partial charge is 0.367 e. The number of hydrogen-bond acceptors (Lipinski definition) is 5. The van der Waals surface area contributed by atoms with Crippen LogP contribution in [0.2, 0.25) is 5.02 Å². The quantitative estimate of drug-likeness (QED) is 0.275. The van der Waals surface area contributed by atoms with Gasteiger partial charge in [0.25, 0.3) is 5.91 Å².